The highest BCUT2D eigenvalue weighted by Crippen LogP contribution is 2.06. The van der Waals surface area contributed by atoms with Crippen molar-refractivity contribution in [2.24, 2.45) is 0 Å². The lowest BCUT2D eigenvalue weighted by molar-refractivity contribution is -0.142. The standard InChI is InChI=1S/C12H15BrO2/c1-2-11(13)9-15-12(14)8-10-6-4-3-5-7-10/h3-7,11H,2,8-9H2,1H3. The zero-order valence-corrected chi connectivity index (χ0v) is 10.4. The monoisotopic (exact) mass is 270 g/mol. The fourth-order valence-electron chi connectivity index (χ4n) is 1.11. The van der Waals surface area contributed by atoms with Gasteiger partial charge in [-0.2, -0.15) is 0 Å². The van der Waals surface area contributed by atoms with E-state index in [1.165, 1.54) is 0 Å². The first-order valence-electron chi connectivity index (χ1n) is 5.06. The normalized spacial score (nSPS) is 12.1. The maximum absolute atomic E-state index is 11.4. The highest BCUT2D eigenvalue weighted by Gasteiger charge is 2.07. The Bertz CT molecular complexity index is 298. The van der Waals surface area contributed by atoms with Crippen LogP contribution in [-0.2, 0) is 16.0 Å². The lowest BCUT2D eigenvalue weighted by Crippen LogP contribution is -2.14. The van der Waals surface area contributed by atoms with Gasteiger partial charge in [0.05, 0.1) is 6.42 Å². The lowest BCUT2D eigenvalue weighted by Gasteiger charge is -2.08. The average molecular weight is 271 g/mol. The van der Waals surface area contributed by atoms with Gasteiger partial charge < -0.3 is 4.74 Å². The number of carbonyl (C=O) groups is 1. The highest BCUT2D eigenvalue weighted by atomic mass is 79.9. The Morgan fingerprint density at radius 3 is 2.67 bits per heavy atom. The first-order valence-corrected chi connectivity index (χ1v) is 5.97. The number of hydrogen-bond acceptors (Lipinski definition) is 2. The first kappa shape index (κ1) is 12.2. The Balaban J connectivity index is 2.31. The molecule has 0 N–H and O–H groups in total. The zero-order chi connectivity index (χ0) is 11.1. The molecule has 0 saturated heterocycles. The van der Waals surface area contributed by atoms with E-state index in [-0.39, 0.29) is 10.8 Å². The van der Waals surface area contributed by atoms with Crippen LogP contribution in [0.3, 0.4) is 0 Å². The minimum atomic E-state index is -0.167. The van der Waals surface area contributed by atoms with Crippen molar-refractivity contribution in [3.8, 4) is 0 Å². The SMILES string of the molecule is CCC(Br)COC(=O)Cc1ccccc1. The summed E-state index contributed by atoms with van der Waals surface area (Å²) in [6.07, 6.45) is 1.31. The van der Waals surface area contributed by atoms with E-state index in [1.807, 2.05) is 37.3 Å². The fraction of sp³-hybridized carbons (Fsp3) is 0.417. The Labute approximate surface area is 98.8 Å². The Hall–Kier alpha value is -0.830. The van der Waals surface area contributed by atoms with E-state index >= 15 is 0 Å². The number of rotatable bonds is 5. The van der Waals surface area contributed by atoms with Crippen molar-refractivity contribution >= 4 is 21.9 Å². The predicted molar refractivity (Wildman–Crippen MR) is 64.1 cm³/mol. The van der Waals surface area contributed by atoms with Crippen molar-refractivity contribution in [3.63, 3.8) is 0 Å². The van der Waals surface area contributed by atoms with Gasteiger partial charge in [-0.05, 0) is 12.0 Å². The van der Waals surface area contributed by atoms with Gasteiger partial charge in [0.25, 0.3) is 0 Å². The third kappa shape index (κ3) is 4.98. The molecule has 0 aromatic heterocycles. The van der Waals surface area contributed by atoms with E-state index in [9.17, 15) is 4.79 Å². The second kappa shape index (κ2) is 6.62. The molecule has 0 fully saturated rings. The quantitative estimate of drug-likeness (QED) is 0.608. The van der Waals surface area contributed by atoms with E-state index in [1.54, 1.807) is 0 Å². The van der Waals surface area contributed by atoms with Crippen LogP contribution in [0, 0.1) is 0 Å². The van der Waals surface area contributed by atoms with Crippen LogP contribution in [0.2, 0.25) is 0 Å². The number of alkyl halides is 1. The van der Waals surface area contributed by atoms with Gasteiger partial charge in [-0.3, -0.25) is 4.79 Å². The number of ether oxygens (including phenoxy) is 1. The summed E-state index contributed by atoms with van der Waals surface area (Å²) in [5.74, 6) is -0.167. The largest absolute Gasteiger partial charge is 0.464 e. The molecule has 0 amide bonds. The summed E-state index contributed by atoms with van der Waals surface area (Å²) in [5, 5.41) is 0. The van der Waals surface area contributed by atoms with Crippen molar-refractivity contribution in [3.05, 3.63) is 35.9 Å². The number of esters is 1. The molecule has 3 heteroatoms. The summed E-state index contributed by atoms with van der Waals surface area (Å²) >= 11 is 3.41. The van der Waals surface area contributed by atoms with Crippen molar-refractivity contribution in [2.45, 2.75) is 24.6 Å². The van der Waals surface area contributed by atoms with Crippen LogP contribution in [0.15, 0.2) is 30.3 Å². The predicted octanol–water partition coefficient (Wildman–Crippen LogP) is 2.95. The summed E-state index contributed by atoms with van der Waals surface area (Å²) in [7, 11) is 0. The Morgan fingerprint density at radius 2 is 2.07 bits per heavy atom. The molecule has 1 unspecified atom stereocenters. The second-order valence-corrected chi connectivity index (χ2v) is 4.65. The van der Waals surface area contributed by atoms with Crippen molar-refractivity contribution in [1.29, 1.82) is 0 Å². The molecule has 0 aliphatic heterocycles. The van der Waals surface area contributed by atoms with E-state index in [2.05, 4.69) is 15.9 Å². The molecule has 1 aromatic rings. The van der Waals surface area contributed by atoms with Crippen LogP contribution in [0.1, 0.15) is 18.9 Å². The molecular weight excluding hydrogens is 256 g/mol. The molecular formula is C12H15BrO2. The molecule has 0 saturated carbocycles. The van der Waals surface area contributed by atoms with Crippen molar-refractivity contribution in [2.75, 3.05) is 6.61 Å². The first-order chi connectivity index (χ1) is 7.22. The topological polar surface area (TPSA) is 26.3 Å². The molecule has 1 rings (SSSR count). The number of hydrogen-bond donors (Lipinski definition) is 0. The molecule has 1 aromatic carbocycles. The molecule has 2 nitrogen and oxygen atoms in total. The molecule has 1 atom stereocenters. The number of carbonyl (C=O) groups excluding carboxylic acids is 1. The summed E-state index contributed by atoms with van der Waals surface area (Å²) in [4.78, 5) is 11.7. The maximum Gasteiger partial charge on any atom is 0.310 e. The Morgan fingerprint density at radius 1 is 1.40 bits per heavy atom. The molecule has 0 radical (unpaired) electrons. The van der Waals surface area contributed by atoms with E-state index in [4.69, 9.17) is 4.74 Å². The van der Waals surface area contributed by atoms with Gasteiger partial charge in [-0.15, -0.1) is 0 Å². The molecule has 0 bridgehead atoms. The lowest BCUT2D eigenvalue weighted by atomic mass is 10.2. The van der Waals surface area contributed by atoms with Crippen LogP contribution in [0.5, 0.6) is 0 Å². The summed E-state index contributed by atoms with van der Waals surface area (Å²) in [6, 6.07) is 9.61. The maximum atomic E-state index is 11.4. The van der Waals surface area contributed by atoms with Gasteiger partial charge in [0.2, 0.25) is 0 Å². The summed E-state index contributed by atoms with van der Waals surface area (Å²) in [6.45, 7) is 2.49. The molecule has 82 valence electrons. The smallest absolute Gasteiger partial charge is 0.310 e. The van der Waals surface area contributed by atoms with Gasteiger partial charge in [-0.1, -0.05) is 53.2 Å². The molecule has 15 heavy (non-hydrogen) atoms. The highest BCUT2D eigenvalue weighted by molar-refractivity contribution is 9.09. The summed E-state index contributed by atoms with van der Waals surface area (Å²) < 4.78 is 5.11. The van der Waals surface area contributed by atoms with Crippen molar-refractivity contribution in [1.82, 2.24) is 0 Å². The van der Waals surface area contributed by atoms with Gasteiger partial charge in [0.1, 0.15) is 6.61 Å². The van der Waals surface area contributed by atoms with Crippen LogP contribution in [0.4, 0.5) is 0 Å². The van der Waals surface area contributed by atoms with E-state index in [0.717, 1.165) is 12.0 Å². The van der Waals surface area contributed by atoms with Gasteiger partial charge in [-0.25, -0.2) is 0 Å². The van der Waals surface area contributed by atoms with Gasteiger partial charge in [0, 0.05) is 4.83 Å². The van der Waals surface area contributed by atoms with Crippen LogP contribution >= 0.6 is 15.9 Å². The van der Waals surface area contributed by atoms with Gasteiger partial charge in [0.15, 0.2) is 0 Å². The molecule has 0 spiro atoms. The zero-order valence-electron chi connectivity index (χ0n) is 8.78. The van der Waals surface area contributed by atoms with Crippen LogP contribution < -0.4 is 0 Å². The van der Waals surface area contributed by atoms with Gasteiger partial charge >= 0.3 is 5.97 Å². The summed E-state index contributed by atoms with van der Waals surface area (Å²) in [5.41, 5.74) is 0.991. The number of halogens is 1. The third-order valence-electron chi connectivity index (χ3n) is 2.06. The second-order valence-electron chi connectivity index (χ2n) is 3.35. The van der Waals surface area contributed by atoms with Crippen molar-refractivity contribution < 1.29 is 9.53 Å². The van der Waals surface area contributed by atoms with E-state index < -0.39 is 0 Å². The third-order valence-corrected chi connectivity index (χ3v) is 2.97. The average Bonchev–Trinajstić information content (AvgIpc) is 2.27. The fourth-order valence-corrected chi connectivity index (χ4v) is 1.25. The molecule has 0 heterocycles. The minimum absolute atomic E-state index is 0.167. The molecule has 0 aliphatic carbocycles. The van der Waals surface area contributed by atoms with Crippen LogP contribution in [-0.4, -0.2) is 17.4 Å². The van der Waals surface area contributed by atoms with Crippen LogP contribution in [0.25, 0.3) is 0 Å². The molecule has 0 aliphatic rings. The number of benzene rings is 1. The van der Waals surface area contributed by atoms with E-state index in [0.29, 0.717) is 13.0 Å². The minimum Gasteiger partial charge on any atom is -0.464 e. The Kier molecular flexibility index (Phi) is 5.40.